The Morgan fingerprint density at radius 2 is 2.07 bits per heavy atom. The van der Waals surface area contributed by atoms with Crippen LogP contribution in [0.3, 0.4) is 0 Å². The van der Waals surface area contributed by atoms with Gasteiger partial charge in [0.25, 0.3) is 0 Å². The van der Waals surface area contributed by atoms with Crippen LogP contribution in [0.5, 0.6) is 5.75 Å². The summed E-state index contributed by atoms with van der Waals surface area (Å²) in [5.41, 5.74) is 3.79. The molecule has 3 aromatic rings. The molecule has 3 heterocycles. The molecular weight excluding hydrogens is 366 g/mol. The van der Waals surface area contributed by atoms with E-state index >= 15 is 0 Å². The second kappa shape index (κ2) is 8.67. The third-order valence-electron chi connectivity index (χ3n) is 4.65. The molecule has 1 N–H and O–H groups in total. The van der Waals surface area contributed by atoms with E-state index in [0.29, 0.717) is 36.2 Å². The van der Waals surface area contributed by atoms with E-state index in [1.807, 2.05) is 31.2 Å². The minimum atomic E-state index is 0.0230. The summed E-state index contributed by atoms with van der Waals surface area (Å²) in [6.07, 6.45) is 6.82. The molecule has 1 aromatic carbocycles. The summed E-state index contributed by atoms with van der Waals surface area (Å²) < 4.78 is 11.7. The van der Waals surface area contributed by atoms with Crippen molar-refractivity contribution in [1.82, 2.24) is 15.0 Å². The minimum absolute atomic E-state index is 0.0230. The first-order chi connectivity index (χ1) is 14.2. The van der Waals surface area contributed by atoms with Crippen LogP contribution in [0.2, 0.25) is 0 Å². The van der Waals surface area contributed by atoms with Crippen LogP contribution in [0.25, 0.3) is 11.3 Å². The number of hydrogen-bond donors (Lipinski definition) is 1. The topological polar surface area (TPSA) is 93.0 Å². The molecule has 146 valence electrons. The molecule has 0 saturated carbocycles. The summed E-state index contributed by atoms with van der Waals surface area (Å²) in [5, 5.41) is 12.8. The summed E-state index contributed by atoms with van der Waals surface area (Å²) in [4.78, 5) is 13.1. The van der Waals surface area contributed by atoms with E-state index in [1.54, 1.807) is 24.7 Å². The highest BCUT2D eigenvalue weighted by atomic mass is 16.5. The first kappa shape index (κ1) is 18.8. The molecule has 1 aliphatic rings. The van der Waals surface area contributed by atoms with Crippen molar-refractivity contribution in [1.29, 1.82) is 5.26 Å². The Morgan fingerprint density at radius 3 is 2.86 bits per heavy atom. The molecule has 4 rings (SSSR count). The fourth-order valence-corrected chi connectivity index (χ4v) is 3.24. The highest BCUT2D eigenvalue weighted by Gasteiger charge is 2.20. The summed E-state index contributed by atoms with van der Waals surface area (Å²) in [6, 6.07) is 11.5. The highest BCUT2D eigenvalue weighted by molar-refractivity contribution is 5.72. The van der Waals surface area contributed by atoms with Crippen molar-refractivity contribution in [2.75, 3.05) is 18.5 Å². The molecule has 0 radical (unpaired) electrons. The fraction of sp³-hybridized carbons (Fsp3) is 0.273. The summed E-state index contributed by atoms with van der Waals surface area (Å²) in [5.74, 6) is 1.01. The number of nitriles is 1. The number of rotatable bonds is 5. The monoisotopic (exact) mass is 387 g/mol. The molecule has 0 bridgehead atoms. The summed E-state index contributed by atoms with van der Waals surface area (Å²) in [6.45, 7) is 3.31. The van der Waals surface area contributed by atoms with E-state index in [-0.39, 0.29) is 6.10 Å². The standard InChI is InChI=1S/C22H21N5O2/c1-15-11-17(14-24-13-15)26-22-25-8-5-20(27-22)19-4-2-3-16(12-23)21(19)29-18-6-9-28-10-7-18/h2-5,8,11,13-14,18H,6-7,9-10H2,1H3,(H,25,26,27). The van der Waals surface area contributed by atoms with Crippen molar-refractivity contribution in [2.24, 2.45) is 0 Å². The van der Waals surface area contributed by atoms with Crippen LogP contribution in [0.1, 0.15) is 24.0 Å². The molecule has 1 fully saturated rings. The van der Waals surface area contributed by atoms with Crippen LogP contribution >= 0.6 is 0 Å². The molecule has 29 heavy (non-hydrogen) atoms. The fourth-order valence-electron chi connectivity index (χ4n) is 3.24. The quantitative estimate of drug-likeness (QED) is 0.707. The predicted molar refractivity (Wildman–Crippen MR) is 109 cm³/mol. The molecule has 0 amide bonds. The van der Waals surface area contributed by atoms with Crippen LogP contribution in [-0.4, -0.2) is 34.3 Å². The van der Waals surface area contributed by atoms with Gasteiger partial charge in [-0.15, -0.1) is 0 Å². The first-order valence-electron chi connectivity index (χ1n) is 9.52. The molecule has 1 saturated heterocycles. The lowest BCUT2D eigenvalue weighted by molar-refractivity contribution is 0.0257. The number of benzene rings is 1. The van der Waals surface area contributed by atoms with Gasteiger partial charge in [0.05, 0.1) is 36.4 Å². The van der Waals surface area contributed by atoms with Crippen LogP contribution in [0, 0.1) is 18.3 Å². The van der Waals surface area contributed by atoms with E-state index in [4.69, 9.17) is 9.47 Å². The largest absolute Gasteiger partial charge is 0.488 e. The molecular formula is C22H21N5O2. The third kappa shape index (κ3) is 4.50. The lowest BCUT2D eigenvalue weighted by atomic mass is 10.1. The number of nitrogens with zero attached hydrogens (tertiary/aromatic N) is 4. The van der Waals surface area contributed by atoms with Gasteiger partial charge in [0.15, 0.2) is 0 Å². The SMILES string of the molecule is Cc1cncc(Nc2nccc(-c3cccc(C#N)c3OC3CCOCC3)n2)c1. The molecule has 0 spiro atoms. The van der Waals surface area contributed by atoms with Gasteiger partial charge in [-0.2, -0.15) is 5.26 Å². The number of ether oxygens (including phenoxy) is 2. The van der Waals surface area contributed by atoms with Gasteiger partial charge in [0.2, 0.25) is 5.95 Å². The van der Waals surface area contributed by atoms with E-state index < -0.39 is 0 Å². The van der Waals surface area contributed by atoms with Crippen molar-refractivity contribution in [3.63, 3.8) is 0 Å². The number of aromatic nitrogens is 3. The van der Waals surface area contributed by atoms with E-state index in [9.17, 15) is 5.26 Å². The smallest absolute Gasteiger partial charge is 0.227 e. The minimum Gasteiger partial charge on any atom is -0.488 e. The average molecular weight is 387 g/mol. The predicted octanol–water partition coefficient (Wildman–Crippen LogP) is 4.02. The zero-order valence-electron chi connectivity index (χ0n) is 16.1. The average Bonchev–Trinajstić information content (AvgIpc) is 2.75. The maximum Gasteiger partial charge on any atom is 0.227 e. The van der Waals surface area contributed by atoms with E-state index in [1.165, 1.54) is 0 Å². The number of hydrogen-bond acceptors (Lipinski definition) is 7. The van der Waals surface area contributed by atoms with E-state index in [0.717, 1.165) is 29.7 Å². The van der Waals surface area contributed by atoms with Crippen LogP contribution in [0.4, 0.5) is 11.6 Å². The van der Waals surface area contributed by atoms with Gasteiger partial charge in [-0.3, -0.25) is 4.98 Å². The van der Waals surface area contributed by atoms with Crippen LogP contribution in [-0.2, 0) is 4.74 Å². The summed E-state index contributed by atoms with van der Waals surface area (Å²) in [7, 11) is 0. The zero-order valence-corrected chi connectivity index (χ0v) is 16.1. The Kier molecular flexibility index (Phi) is 5.63. The summed E-state index contributed by atoms with van der Waals surface area (Å²) >= 11 is 0. The maximum atomic E-state index is 9.59. The second-order valence-electron chi connectivity index (χ2n) is 6.87. The Labute approximate surface area is 169 Å². The molecule has 1 aliphatic heterocycles. The Balaban J connectivity index is 1.66. The third-order valence-corrected chi connectivity index (χ3v) is 4.65. The number of para-hydroxylation sites is 1. The van der Waals surface area contributed by atoms with Crippen molar-refractivity contribution in [3.8, 4) is 23.1 Å². The Bertz CT molecular complexity index is 1040. The lowest BCUT2D eigenvalue weighted by Crippen LogP contribution is -2.26. The van der Waals surface area contributed by atoms with Gasteiger partial charge in [-0.1, -0.05) is 6.07 Å². The van der Waals surface area contributed by atoms with Crippen LogP contribution < -0.4 is 10.1 Å². The molecule has 2 aromatic heterocycles. The molecule has 0 unspecified atom stereocenters. The molecule has 0 atom stereocenters. The molecule has 7 heteroatoms. The van der Waals surface area contributed by atoms with Gasteiger partial charge in [0.1, 0.15) is 17.9 Å². The number of anilines is 2. The lowest BCUT2D eigenvalue weighted by Gasteiger charge is -2.25. The Morgan fingerprint density at radius 1 is 1.21 bits per heavy atom. The zero-order chi connectivity index (χ0) is 20.1. The molecule has 7 nitrogen and oxygen atoms in total. The number of aryl methyl sites for hydroxylation is 1. The van der Waals surface area contributed by atoms with Crippen molar-refractivity contribution in [2.45, 2.75) is 25.9 Å². The maximum absolute atomic E-state index is 9.59. The number of nitrogens with one attached hydrogen (secondary N) is 1. The second-order valence-corrected chi connectivity index (χ2v) is 6.87. The van der Waals surface area contributed by atoms with Gasteiger partial charge in [-0.05, 0) is 36.8 Å². The van der Waals surface area contributed by atoms with Crippen molar-refractivity contribution >= 4 is 11.6 Å². The highest BCUT2D eigenvalue weighted by Crippen LogP contribution is 2.34. The van der Waals surface area contributed by atoms with Gasteiger partial charge < -0.3 is 14.8 Å². The van der Waals surface area contributed by atoms with Gasteiger partial charge in [0, 0.05) is 30.8 Å². The van der Waals surface area contributed by atoms with Gasteiger partial charge >= 0.3 is 0 Å². The number of pyridine rings is 1. The molecule has 0 aliphatic carbocycles. The van der Waals surface area contributed by atoms with E-state index in [2.05, 4.69) is 26.3 Å². The van der Waals surface area contributed by atoms with Gasteiger partial charge in [-0.25, -0.2) is 9.97 Å². The normalized spacial score (nSPS) is 14.2. The first-order valence-corrected chi connectivity index (χ1v) is 9.52. The Hall–Kier alpha value is -3.50. The van der Waals surface area contributed by atoms with Crippen molar-refractivity contribution in [3.05, 3.63) is 60.0 Å². The van der Waals surface area contributed by atoms with Crippen LogP contribution in [0.15, 0.2) is 48.9 Å². The van der Waals surface area contributed by atoms with Crippen molar-refractivity contribution < 1.29 is 9.47 Å².